The molecule has 92 valence electrons. The number of aliphatic hydroxyl groups excluding tert-OH is 1. The Bertz CT molecular complexity index is 276. The third-order valence-corrected chi connectivity index (χ3v) is 3.51. The van der Waals surface area contributed by atoms with E-state index in [9.17, 15) is 0 Å². The normalized spacial score (nSPS) is 10.9. The fraction of sp³-hybridized carbons (Fsp3) is 0.667. The van der Waals surface area contributed by atoms with Gasteiger partial charge in [-0.15, -0.1) is 0 Å². The molecule has 2 N–H and O–H groups in total. The van der Waals surface area contributed by atoms with E-state index < -0.39 is 0 Å². The van der Waals surface area contributed by atoms with Gasteiger partial charge in [0.1, 0.15) is 0 Å². The first-order valence-electron chi connectivity index (χ1n) is 5.91. The van der Waals surface area contributed by atoms with Gasteiger partial charge in [-0.1, -0.05) is 0 Å². The van der Waals surface area contributed by atoms with Gasteiger partial charge in [-0.3, -0.25) is 0 Å². The minimum absolute atomic E-state index is 0.310. The first kappa shape index (κ1) is 13.6. The Morgan fingerprint density at radius 1 is 1.44 bits per heavy atom. The molecule has 1 aromatic heterocycles. The molecule has 0 amide bonds. The Balaban J connectivity index is 2.03. The maximum Gasteiger partial charge on any atom is 0.0438 e. The molecule has 0 aliphatic carbocycles. The van der Waals surface area contributed by atoms with Crippen molar-refractivity contribution in [3.63, 3.8) is 0 Å². The molecular formula is C12H22N2OS. The van der Waals surface area contributed by atoms with Gasteiger partial charge in [0.2, 0.25) is 0 Å². The van der Waals surface area contributed by atoms with E-state index in [1.807, 2.05) is 11.8 Å². The molecule has 0 saturated carbocycles. The Morgan fingerprint density at radius 2 is 2.31 bits per heavy atom. The van der Waals surface area contributed by atoms with Crippen molar-refractivity contribution in [2.24, 2.45) is 0 Å². The Morgan fingerprint density at radius 3 is 3.06 bits per heavy atom. The topological polar surface area (TPSA) is 37.2 Å². The second-order valence-electron chi connectivity index (χ2n) is 3.65. The highest BCUT2D eigenvalue weighted by Crippen LogP contribution is 2.03. The van der Waals surface area contributed by atoms with Crippen LogP contribution in [0.15, 0.2) is 18.3 Å². The van der Waals surface area contributed by atoms with Gasteiger partial charge in [0, 0.05) is 43.9 Å². The molecular weight excluding hydrogens is 220 g/mol. The minimum atomic E-state index is 0.310. The summed E-state index contributed by atoms with van der Waals surface area (Å²) in [7, 11) is 0. The van der Waals surface area contributed by atoms with Crippen molar-refractivity contribution in [3.05, 3.63) is 24.0 Å². The van der Waals surface area contributed by atoms with Crippen LogP contribution in [0.2, 0.25) is 0 Å². The van der Waals surface area contributed by atoms with E-state index in [0.29, 0.717) is 6.61 Å². The number of hydrogen-bond acceptors (Lipinski definition) is 3. The number of nitrogens with one attached hydrogen (secondary N) is 1. The summed E-state index contributed by atoms with van der Waals surface area (Å²) >= 11 is 1.90. The summed E-state index contributed by atoms with van der Waals surface area (Å²) in [5.41, 5.74) is 1.35. The summed E-state index contributed by atoms with van der Waals surface area (Å²) in [5.74, 6) is 2.18. The maximum absolute atomic E-state index is 8.62. The van der Waals surface area contributed by atoms with E-state index in [2.05, 4.69) is 35.1 Å². The zero-order valence-corrected chi connectivity index (χ0v) is 10.8. The van der Waals surface area contributed by atoms with Crippen molar-refractivity contribution < 1.29 is 5.11 Å². The quantitative estimate of drug-likeness (QED) is 0.647. The third kappa shape index (κ3) is 5.05. The highest BCUT2D eigenvalue weighted by molar-refractivity contribution is 7.99. The number of thioether (sulfide) groups is 1. The molecule has 0 aromatic carbocycles. The number of nitrogens with zero attached hydrogens (tertiary/aromatic N) is 1. The Hall–Kier alpha value is -0.450. The fourth-order valence-corrected chi connectivity index (χ4v) is 2.37. The molecule has 0 aliphatic rings. The summed E-state index contributed by atoms with van der Waals surface area (Å²) in [6.45, 7) is 5.49. The van der Waals surface area contributed by atoms with Crippen molar-refractivity contribution in [2.45, 2.75) is 26.4 Å². The lowest BCUT2D eigenvalue weighted by atomic mass is 10.4. The number of aryl methyl sites for hydroxylation is 1. The van der Waals surface area contributed by atoms with Gasteiger partial charge in [-0.25, -0.2) is 0 Å². The van der Waals surface area contributed by atoms with Crippen LogP contribution in [0.3, 0.4) is 0 Å². The summed E-state index contributed by atoms with van der Waals surface area (Å²) in [6, 6.07) is 4.26. The minimum Gasteiger partial charge on any atom is -0.396 e. The Labute approximate surface area is 102 Å². The zero-order chi connectivity index (χ0) is 11.6. The van der Waals surface area contributed by atoms with E-state index in [-0.39, 0.29) is 0 Å². The van der Waals surface area contributed by atoms with Crippen LogP contribution in [0.25, 0.3) is 0 Å². The molecule has 0 fully saturated rings. The average molecular weight is 242 g/mol. The lowest BCUT2D eigenvalue weighted by molar-refractivity contribution is 0.296. The summed E-state index contributed by atoms with van der Waals surface area (Å²) in [6.07, 6.45) is 3.02. The molecule has 16 heavy (non-hydrogen) atoms. The largest absolute Gasteiger partial charge is 0.396 e. The van der Waals surface area contributed by atoms with E-state index in [1.165, 1.54) is 5.69 Å². The van der Waals surface area contributed by atoms with Crippen LogP contribution in [0.1, 0.15) is 19.0 Å². The predicted octanol–water partition coefficient (Wildman–Crippen LogP) is 1.71. The van der Waals surface area contributed by atoms with Crippen LogP contribution in [0.4, 0.5) is 0 Å². The molecule has 3 nitrogen and oxygen atoms in total. The van der Waals surface area contributed by atoms with Crippen molar-refractivity contribution in [1.29, 1.82) is 0 Å². The third-order valence-electron chi connectivity index (χ3n) is 2.44. The van der Waals surface area contributed by atoms with E-state index in [0.717, 1.165) is 37.6 Å². The highest BCUT2D eigenvalue weighted by Gasteiger charge is 1.97. The number of aliphatic hydroxyl groups is 1. The van der Waals surface area contributed by atoms with Gasteiger partial charge in [0.05, 0.1) is 0 Å². The van der Waals surface area contributed by atoms with Crippen LogP contribution in [-0.4, -0.2) is 34.3 Å². The van der Waals surface area contributed by atoms with Gasteiger partial charge in [-0.05, 0) is 31.2 Å². The monoisotopic (exact) mass is 242 g/mol. The molecule has 0 saturated heterocycles. The fourth-order valence-electron chi connectivity index (χ4n) is 1.55. The second kappa shape index (κ2) is 8.67. The van der Waals surface area contributed by atoms with E-state index in [1.54, 1.807) is 0 Å². The van der Waals surface area contributed by atoms with Gasteiger partial charge in [0.15, 0.2) is 0 Å². The van der Waals surface area contributed by atoms with E-state index >= 15 is 0 Å². The molecule has 0 radical (unpaired) electrons. The van der Waals surface area contributed by atoms with Gasteiger partial charge in [0.25, 0.3) is 0 Å². The van der Waals surface area contributed by atoms with Crippen LogP contribution >= 0.6 is 11.8 Å². The summed E-state index contributed by atoms with van der Waals surface area (Å²) < 4.78 is 2.26. The van der Waals surface area contributed by atoms with Crippen LogP contribution < -0.4 is 5.32 Å². The first-order chi connectivity index (χ1) is 7.88. The maximum atomic E-state index is 8.62. The molecule has 0 spiro atoms. The number of rotatable bonds is 9. The Kier molecular flexibility index (Phi) is 7.38. The molecule has 0 atom stereocenters. The smallest absolute Gasteiger partial charge is 0.0438 e. The van der Waals surface area contributed by atoms with Gasteiger partial charge in [-0.2, -0.15) is 11.8 Å². The van der Waals surface area contributed by atoms with Crippen molar-refractivity contribution >= 4 is 11.8 Å². The lowest BCUT2D eigenvalue weighted by Gasteiger charge is -2.07. The molecule has 1 aromatic rings. The molecule has 4 heteroatoms. The predicted molar refractivity (Wildman–Crippen MR) is 70.8 cm³/mol. The molecule has 1 heterocycles. The van der Waals surface area contributed by atoms with Gasteiger partial charge < -0.3 is 15.0 Å². The van der Waals surface area contributed by atoms with Crippen LogP contribution in [0, 0.1) is 0 Å². The lowest BCUT2D eigenvalue weighted by Crippen LogP contribution is -2.18. The van der Waals surface area contributed by atoms with Gasteiger partial charge >= 0.3 is 0 Å². The molecule has 0 unspecified atom stereocenters. The SMILES string of the molecule is CCn1cccc1CNCCSCCCO. The highest BCUT2D eigenvalue weighted by atomic mass is 32.2. The van der Waals surface area contributed by atoms with Crippen molar-refractivity contribution in [2.75, 3.05) is 24.7 Å². The molecule has 1 rings (SSSR count). The standard InChI is InChI=1S/C12H22N2OS/c1-2-14-7-3-5-12(14)11-13-6-10-16-9-4-8-15/h3,5,7,13,15H,2,4,6,8-11H2,1H3. The van der Waals surface area contributed by atoms with Crippen LogP contribution in [-0.2, 0) is 13.1 Å². The van der Waals surface area contributed by atoms with Crippen LogP contribution in [0.5, 0.6) is 0 Å². The first-order valence-corrected chi connectivity index (χ1v) is 7.07. The average Bonchev–Trinajstić information content (AvgIpc) is 2.75. The summed E-state index contributed by atoms with van der Waals surface area (Å²) in [4.78, 5) is 0. The zero-order valence-electron chi connectivity index (χ0n) is 9.98. The van der Waals surface area contributed by atoms with Crippen molar-refractivity contribution in [1.82, 2.24) is 9.88 Å². The molecule has 0 bridgehead atoms. The summed E-state index contributed by atoms with van der Waals surface area (Å²) in [5, 5.41) is 12.1. The van der Waals surface area contributed by atoms with E-state index in [4.69, 9.17) is 5.11 Å². The number of aromatic nitrogens is 1. The second-order valence-corrected chi connectivity index (χ2v) is 4.88. The number of hydrogen-bond donors (Lipinski definition) is 2. The molecule has 0 aliphatic heterocycles. The van der Waals surface area contributed by atoms with Crippen molar-refractivity contribution in [3.8, 4) is 0 Å².